The Morgan fingerprint density at radius 3 is 2.71 bits per heavy atom. The van der Waals surface area contributed by atoms with Crippen LogP contribution in [0.5, 0.6) is 0 Å². The standard InChI is InChI=1S/C18H16N2O3S/c1-19-17(22)12-7-6-11(10-13(12)18(19)23)16(21)20-8-2-4-14(20)15-5-3-9-24-15/h3,5-7,9-10,14H,2,4,8H2,1H3/t14-/m0/s1. The predicted octanol–water partition coefficient (Wildman–Crippen LogP) is 2.95. The van der Waals surface area contributed by atoms with Crippen molar-refractivity contribution < 1.29 is 14.4 Å². The van der Waals surface area contributed by atoms with Gasteiger partial charge in [0, 0.05) is 24.0 Å². The van der Waals surface area contributed by atoms with Gasteiger partial charge in [-0.2, -0.15) is 0 Å². The van der Waals surface area contributed by atoms with Crippen LogP contribution < -0.4 is 0 Å². The Bertz CT molecular complexity index is 844. The zero-order chi connectivity index (χ0) is 16.8. The first-order valence-corrected chi connectivity index (χ1v) is 8.76. The monoisotopic (exact) mass is 340 g/mol. The van der Waals surface area contributed by atoms with Crippen LogP contribution in [-0.4, -0.2) is 41.1 Å². The normalized spacial score (nSPS) is 20.0. The summed E-state index contributed by atoms with van der Waals surface area (Å²) in [6.45, 7) is 0.714. The van der Waals surface area contributed by atoms with Crippen LogP contribution in [0.25, 0.3) is 0 Å². The van der Waals surface area contributed by atoms with Crippen molar-refractivity contribution in [1.29, 1.82) is 0 Å². The van der Waals surface area contributed by atoms with Gasteiger partial charge >= 0.3 is 0 Å². The van der Waals surface area contributed by atoms with Crippen LogP contribution in [-0.2, 0) is 0 Å². The minimum atomic E-state index is -0.346. The van der Waals surface area contributed by atoms with E-state index in [1.807, 2.05) is 16.3 Å². The summed E-state index contributed by atoms with van der Waals surface area (Å²) >= 11 is 1.66. The van der Waals surface area contributed by atoms with E-state index in [0.29, 0.717) is 23.2 Å². The second-order valence-corrected chi connectivity index (χ2v) is 7.08. The molecule has 0 aliphatic carbocycles. The van der Waals surface area contributed by atoms with Gasteiger partial charge in [-0.25, -0.2) is 0 Å². The van der Waals surface area contributed by atoms with E-state index in [4.69, 9.17) is 0 Å². The van der Waals surface area contributed by atoms with E-state index >= 15 is 0 Å². The molecule has 5 nitrogen and oxygen atoms in total. The number of nitrogens with zero attached hydrogens (tertiary/aromatic N) is 2. The van der Waals surface area contributed by atoms with E-state index in [1.54, 1.807) is 29.5 Å². The highest BCUT2D eigenvalue weighted by atomic mass is 32.1. The lowest BCUT2D eigenvalue weighted by molar-refractivity contribution is 0.0692. The third kappa shape index (κ3) is 2.17. The van der Waals surface area contributed by atoms with Gasteiger partial charge < -0.3 is 4.90 Å². The molecule has 3 heterocycles. The molecule has 1 fully saturated rings. The third-order valence-electron chi connectivity index (χ3n) is 4.72. The SMILES string of the molecule is CN1C(=O)c2ccc(C(=O)N3CCC[C@H]3c3cccs3)cc2C1=O. The minimum Gasteiger partial charge on any atom is -0.331 e. The van der Waals surface area contributed by atoms with Gasteiger partial charge in [-0.1, -0.05) is 6.07 Å². The number of hydrogen-bond donors (Lipinski definition) is 0. The smallest absolute Gasteiger partial charge is 0.261 e. The van der Waals surface area contributed by atoms with Crippen LogP contribution in [0.3, 0.4) is 0 Å². The van der Waals surface area contributed by atoms with Gasteiger partial charge in [0.1, 0.15) is 0 Å². The highest BCUT2D eigenvalue weighted by Gasteiger charge is 2.35. The number of carbonyl (C=O) groups is 3. The molecule has 2 aromatic rings. The van der Waals surface area contributed by atoms with E-state index in [0.717, 1.165) is 17.7 Å². The van der Waals surface area contributed by atoms with Crippen LogP contribution >= 0.6 is 11.3 Å². The number of thiophene rings is 1. The maximum atomic E-state index is 12.9. The van der Waals surface area contributed by atoms with Crippen LogP contribution in [0.15, 0.2) is 35.7 Å². The zero-order valence-electron chi connectivity index (χ0n) is 13.2. The van der Waals surface area contributed by atoms with E-state index in [9.17, 15) is 14.4 Å². The Kier molecular flexibility index (Phi) is 3.49. The van der Waals surface area contributed by atoms with Gasteiger partial charge in [0.05, 0.1) is 17.2 Å². The molecule has 0 spiro atoms. The summed E-state index contributed by atoms with van der Waals surface area (Å²) in [4.78, 5) is 41.2. The van der Waals surface area contributed by atoms with Crippen LogP contribution in [0, 0.1) is 0 Å². The molecule has 2 aliphatic rings. The minimum absolute atomic E-state index is 0.0801. The first-order valence-electron chi connectivity index (χ1n) is 7.88. The summed E-state index contributed by atoms with van der Waals surface area (Å²) < 4.78 is 0. The average Bonchev–Trinajstić information content (AvgIpc) is 3.32. The van der Waals surface area contributed by atoms with E-state index < -0.39 is 0 Å². The molecule has 0 unspecified atom stereocenters. The summed E-state index contributed by atoms with van der Waals surface area (Å²) in [7, 11) is 1.46. The maximum Gasteiger partial charge on any atom is 0.261 e. The van der Waals surface area contributed by atoms with Crippen molar-refractivity contribution in [3.63, 3.8) is 0 Å². The maximum absolute atomic E-state index is 12.9. The molecular weight excluding hydrogens is 324 g/mol. The third-order valence-corrected chi connectivity index (χ3v) is 5.70. The fourth-order valence-corrected chi connectivity index (χ4v) is 4.32. The molecule has 1 saturated heterocycles. The molecule has 1 aromatic carbocycles. The Morgan fingerprint density at radius 1 is 1.17 bits per heavy atom. The second kappa shape index (κ2) is 5.56. The predicted molar refractivity (Wildman–Crippen MR) is 90.2 cm³/mol. The van der Waals surface area contributed by atoms with Crippen LogP contribution in [0.2, 0.25) is 0 Å². The lowest BCUT2D eigenvalue weighted by Gasteiger charge is -2.24. The van der Waals surface area contributed by atoms with E-state index in [2.05, 4.69) is 6.07 Å². The lowest BCUT2D eigenvalue weighted by Crippen LogP contribution is -2.30. The van der Waals surface area contributed by atoms with Crippen molar-refractivity contribution in [3.05, 3.63) is 57.3 Å². The molecule has 0 saturated carbocycles. The first kappa shape index (κ1) is 15.1. The molecule has 4 rings (SSSR count). The number of rotatable bonds is 2. The Morgan fingerprint density at radius 2 is 1.96 bits per heavy atom. The molecular formula is C18H16N2O3S. The first-order chi connectivity index (χ1) is 11.6. The number of likely N-dealkylation sites (tertiary alicyclic amines) is 1. The highest BCUT2D eigenvalue weighted by molar-refractivity contribution is 7.10. The average molecular weight is 340 g/mol. The highest BCUT2D eigenvalue weighted by Crippen LogP contribution is 2.35. The van der Waals surface area contributed by atoms with Crippen molar-refractivity contribution >= 4 is 29.1 Å². The van der Waals surface area contributed by atoms with Gasteiger partial charge in [-0.3, -0.25) is 19.3 Å². The van der Waals surface area contributed by atoms with Gasteiger partial charge in [0.15, 0.2) is 0 Å². The summed E-state index contributed by atoms with van der Waals surface area (Å²) in [6, 6.07) is 8.95. The largest absolute Gasteiger partial charge is 0.331 e. The van der Waals surface area contributed by atoms with Crippen molar-refractivity contribution in [1.82, 2.24) is 9.80 Å². The molecule has 0 N–H and O–H groups in total. The Balaban J connectivity index is 1.66. The number of amides is 3. The fourth-order valence-electron chi connectivity index (χ4n) is 3.45. The van der Waals surface area contributed by atoms with Crippen LogP contribution in [0.1, 0.15) is 54.8 Å². The molecule has 0 bridgehead atoms. The molecule has 0 radical (unpaired) electrons. The quantitative estimate of drug-likeness (QED) is 0.790. The van der Waals surface area contributed by atoms with Gasteiger partial charge in [-0.15, -0.1) is 11.3 Å². The number of carbonyl (C=O) groups excluding carboxylic acids is 3. The molecule has 1 aromatic heterocycles. The summed E-state index contributed by atoms with van der Waals surface area (Å²) in [5, 5.41) is 2.02. The Hall–Kier alpha value is -2.47. The molecule has 6 heteroatoms. The van der Waals surface area contributed by atoms with E-state index in [-0.39, 0.29) is 23.8 Å². The molecule has 122 valence electrons. The lowest BCUT2D eigenvalue weighted by atomic mass is 10.0. The Labute approximate surface area is 143 Å². The summed E-state index contributed by atoms with van der Waals surface area (Å²) in [5.41, 5.74) is 1.16. The zero-order valence-corrected chi connectivity index (χ0v) is 14.0. The number of imide groups is 1. The fraction of sp³-hybridized carbons (Fsp3) is 0.278. The molecule has 1 atom stereocenters. The number of benzene rings is 1. The van der Waals surface area contributed by atoms with Crippen molar-refractivity contribution in [2.75, 3.05) is 13.6 Å². The van der Waals surface area contributed by atoms with Gasteiger partial charge in [0.2, 0.25) is 0 Å². The summed E-state index contributed by atoms with van der Waals surface area (Å²) in [5.74, 6) is -0.740. The topological polar surface area (TPSA) is 57.7 Å². The number of hydrogen-bond acceptors (Lipinski definition) is 4. The number of fused-ring (bicyclic) bond motifs is 1. The molecule has 24 heavy (non-hydrogen) atoms. The van der Waals surface area contributed by atoms with Crippen molar-refractivity contribution in [2.45, 2.75) is 18.9 Å². The van der Waals surface area contributed by atoms with Gasteiger partial charge in [-0.05, 0) is 42.5 Å². The summed E-state index contributed by atoms with van der Waals surface area (Å²) in [6.07, 6.45) is 1.93. The van der Waals surface area contributed by atoms with Crippen LogP contribution in [0.4, 0.5) is 0 Å². The van der Waals surface area contributed by atoms with E-state index in [1.165, 1.54) is 11.9 Å². The van der Waals surface area contributed by atoms with Gasteiger partial charge in [0.25, 0.3) is 17.7 Å². The van der Waals surface area contributed by atoms with Crippen molar-refractivity contribution in [2.24, 2.45) is 0 Å². The second-order valence-electron chi connectivity index (χ2n) is 6.10. The molecule has 3 amide bonds. The molecule has 2 aliphatic heterocycles. The van der Waals surface area contributed by atoms with Crippen molar-refractivity contribution in [3.8, 4) is 0 Å².